The van der Waals surface area contributed by atoms with Crippen molar-refractivity contribution in [3.63, 3.8) is 0 Å². The molecular formula is C20H29N3O2. The molecule has 25 heavy (non-hydrogen) atoms. The van der Waals surface area contributed by atoms with E-state index in [2.05, 4.69) is 26.8 Å². The minimum Gasteiger partial charge on any atom is -0.497 e. The lowest BCUT2D eigenvalue weighted by molar-refractivity contribution is 0.116. The summed E-state index contributed by atoms with van der Waals surface area (Å²) in [7, 11) is 1.71. The molecule has 2 amide bonds. The van der Waals surface area contributed by atoms with E-state index in [1.165, 1.54) is 37.7 Å². The van der Waals surface area contributed by atoms with Gasteiger partial charge in [-0.15, -0.1) is 0 Å². The Hall–Kier alpha value is -1.75. The maximum Gasteiger partial charge on any atom is 0.320 e. The molecule has 0 aromatic heterocycles. The number of rotatable bonds is 4. The Morgan fingerprint density at radius 1 is 1.04 bits per heavy atom. The Labute approximate surface area is 150 Å². The quantitative estimate of drug-likeness (QED) is 0.843. The van der Waals surface area contributed by atoms with Crippen LogP contribution in [0.5, 0.6) is 5.75 Å². The van der Waals surface area contributed by atoms with Crippen molar-refractivity contribution in [1.29, 1.82) is 0 Å². The zero-order chi connectivity index (χ0) is 17.2. The summed E-state index contributed by atoms with van der Waals surface area (Å²) in [4.78, 5) is 19.6. The van der Waals surface area contributed by atoms with E-state index in [4.69, 9.17) is 4.74 Å². The molecule has 2 heterocycles. The van der Waals surface area contributed by atoms with Crippen LogP contribution in [0.25, 0.3) is 0 Å². The van der Waals surface area contributed by atoms with Gasteiger partial charge in [0.1, 0.15) is 5.75 Å². The molecule has 1 aromatic rings. The minimum atomic E-state index is 0.290. The van der Waals surface area contributed by atoms with Crippen molar-refractivity contribution in [3.8, 4) is 5.75 Å². The van der Waals surface area contributed by atoms with Crippen LogP contribution >= 0.6 is 0 Å². The van der Waals surface area contributed by atoms with Gasteiger partial charge in [0.2, 0.25) is 0 Å². The average Bonchev–Trinajstić information content (AvgIpc) is 2.99. The molecule has 1 aliphatic carbocycles. The Morgan fingerprint density at radius 2 is 1.88 bits per heavy atom. The van der Waals surface area contributed by atoms with Gasteiger partial charge in [-0.1, -0.05) is 31.4 Å². The Bertz CT molecular complexity index is 615. The van der Waals surface area contributed by atoms with Gasteiger partial charge < -0.3 is 14.5 Å². The third-order valence-corrected chi connectivity index (χ3v) is 6.02. The van der Waals surface area contributed by atoms with Gasteiger partial charge in [0.15, 0.2) is 0 Å². The predicted octanol–water partition coefficient (Wildman–Crippen LogP) is 2.95. The van der Waals surface area contributed by atoms with Crippen LogP contribution in [0.4, 0.5) is 4.79 Å². The fourth-order valence-electron chi connectivity index (χ4n) is 4.67. The first-order valence-electron chi connectivity index (χ1n) is 9.67. The third-order valence-electron chi connectivity index (χ3n) is 6.02. The zero-order valence-electron chi connectivity index (χ0n) is 15.2. The lowest BCUT2D eigenvalue weighted by Crippen LogP contribution is -2.51. The van der Waals surface area contributed by atoms with Crippen LogP contribution in [0.1, 0.15) is 37.7 Å². The van der Waals surface area contributed by atoms with Crippen LogP contribution in [0.15, 0.2) is 24.3 Å². The second-order valence-electron chi connectivity index (χ2n) is 7.66. The highest BCUT2D eigenvalue weighted by molar-refractivity contribution is 5.77. The molecule has 5 heteroatoms. The molecular weight excluding hydrogens is 314 g/mol. The summed E-state index contributed by atoms with van der Waals surface area (Å²) in [5.74, 6) is 0.913. The summed E-state index contributed by atoms with van der Waals surface area (Å²) in [6, 6.07) is 9.43. The first kappa shape index (κ1) is 16.7. The molecule has 1 aromatic carbocycles. The molecule has 136 valence electrons. The normalized spacial score (nSPS) is 25.3. The van der Waals surface area contributed by atoms with Crippen LogP contribution in [-0.2, 0) is 6.54 Å². The largest absolute Gasteiger partial charge is 0.497 e. The monoisotopic (exact) mass is 343 g/mol. The number of methoxy groups -OCH3 is 1. The Balaban J connectivity index is 1.38. The van der Waals surface area contributed by atoms with Crippen molar-refractivity contribution in [2.45, 2.75) is 50.7 Å². The van der Waals surface area contributed by atoms with Gasteiger partial charge in [-0.3, -0.25) is 4.90 Å². The number of ether oxygens (including phenoxy) is 1. The summed E-state index contributed by atoms with van der Waals surface area (Å²) < 4.78 is 5.33. The highest BCUT2D eigenvalue weighted by atomic mass is 16.5. The predicted molar refractivity (Wildman–Crippen MR) is 97.7 cm³/mol. The SMILES string of the molecule is COc1cccc(CN2CCN3C(=O)N(C4CCCCC4)CC3C2)c1. The van der Waals surface area contributed by atoms with Crippen molar-refractivity contribution < 1.29 is 9.53 Å². The molecule has 0 bridgehead atoms. The maximum absolute atomic E-state index is 12.8. The fourth-order valence-corrected chi connectivity index (χ4v) is 4.67. The lowest BCUT2D eigenvalue weighted by Gasteiger charge is -2.36. The molecule has 3 aliphatic rings. The molecule has 3 fully saturated rings. The molecule has 0 spiro atoms. The zero-order valence-corrected chi connectivity index (χ0v) is 15.2. The average molecular weight is 343 g/mol. The molecule has 1 atom stereocenters. The second kappa shape index (κ2) is 7.24. The summed E-state index contributed by atoms with van der Waals surface area (Å²) in [5.41, 5.74) is 1.28. The number of fused-ring (bicyclic) bond motifs is 1. The minimum absolute atomic E-state index is 0.290. The highest BCUT2D eigenvalue weighted by Crippen LogP contribution is 2.29. The van der Waals surface area contributed by atoms with E-state index in [9.17, 15) is 4.79 Å². The first-order valence-corrected chi connectivity index (χ1v) is 9.67. The van der Waals surface area contributed by atoms with Crippen LogP contribution in [0.3, 0.4) is 0 Å². The van der Waals surface area contributed by atoms with Crippen molar-refractivity contribution in [2.24, 2.45) is 0 Å². The number of benzene rings is 1. The maximum atomic E-state index is 12.8. The van der Waals surface area contributed by atoms with E-state index in [1.807, 2.05) is 12.1 Å². The number of hydrogen-bond acceptors (Lipinski definition) is 3. The van der Waals surface area contributed by atoms with Gasteiger partial charge in [-0.05, 0) is 30.5 Å². The molecule has 4 rings (SSSR count). The summed E-state index contributed by atoms with van der Waals surface area (Å²) in [5, 5.41) is 0. The van der Waals surface area contributed by atoms with E-state index in [0.717, 1.165) is 38.5 Å². The number of nitrogens with zero attached hydrogens (tertiary/aromatic N) is 3. The molecule has 2 saturated heterocycles. The summed E-state index contributed by atoms with van der Waals surface area (Å²) in [6.07, 6.45) is 6.28. The number of hydrogen-bond donors (Lipinski definition) is 0. The van der Waals surface area contributed by atoms with Crippen molar-refractivity contribution in [1.82, 2.24) is 14.7 Å². The Morgan fingerprint density at radius 3 is 2.68 bits per heavy atom. The first-order chi connectivity index (χ1) is 12.2. The lowest BCUT2D eigenvalue weighted by atomic mass is 9.94. The summed E-state index contributed by atoms with van der Waals surface area (Å²) in [6.45, 7) is 4.64. The molecule has 1 saturated carbocycles. The van der Waals surface area contributed by atoms with Gasteiger partial charge in [0, 0.05) is 38.8 Å². The standard InChI is InChI=1S/C20H29N3O2/c1-25-19-9-5-6-16(12-19)13-21-10-11-22-18(14-21)15-23(20(22)24)17-7-3-2-4-8-17/h5-6,9,12,17-18H,2-4,7-8,10-11,13-15H2,1H3. The molecule has 1 unspecified atom stereocenters. The summed E-state index contributed by atoms with van der Waals surface area (Å²) >= 11 is 0. The molecule has 0 radical (unpaired) electrons. The van der Waals surface area contributed by atoms with Gasteiger partial charge in [-0.2, -0.15) is 0 Å². The fraction of sp³-hybridized carbons (Fsp3) is 0.650. The van der Waals surface area contributed by atoms with Crippen molar-refractivity contribution in [3.05, 3.63) is 29.8 Å². The number of urea groups is 1. The van der Waals surface area contributed by atoms with E-state index in [0.29, 0.717) is 12.1 Å². The number of amides is 2. The number of piperazine rings is 1. The molecule has 0 N–H and O–H groups in total. The van der Waals surface area contributed by atoms with E-state index < -0.39 is 0 Å². The van der Waals surface area contributed by atoms with E-state index >= 15 is 0 Å². The smallest absolute Gasteiger partial charge is 0.320 e. The van der Waals surface area contributed by atoms with Crippen LogP contribution in [0, 0.1) is 0 Å². The van der Waals surface area contributed by atoms with Gasteiger partial charge in [0.25, 0.3) is 0 Å². The topological polar surface area (TPSA) is 36.0 Å². The van der Waals surface area contributed by atoms with Crippen LogP contribution in [-0.4, -0.2) is 66.1 Å². The highest BCUT2D eigenvalue weighted by Gasteiger charge is 2.43. The van der Waals surface area contributed by atoms with E-state index in [-0.39, 0.29) is 6.03 Å². The third kappa shape index (κ3) is 3.47. The molecule has 2 aliphatic heterocycles. The molecule has 5 nitrogen and oxygen atoms in total. The van der Waals surface area contributed by atoms with Gasteiger partial charge in [-0.25, -0.2) is 4.79 Å². The number of carbonyl (C=O) groups is 1. The number of carbonyl (C=O) groups excluding carboxylic acids is 1. The van der Waals surface area contributed by atoms with E-state index in [1.54, 1.807) is 7.11 Å². The Kier molecular flexibility index (Phi) is 4.84. The van der Waals surface area contributed by atoms with Crippen molar-refractivity contribution >= 4 is 6.03 Å². The van der Waals surface area contributed by atoms with Crippen LogP contribution in [0.2, 0.25) is 0 Å². The van der Waals surface area contributed by atoms with Crippen LogP contribution < -0.4 is 4.74 Å². The second-order valence-corrected chi connectivity index (χ2v) is 7.66. The van der Waals surface area contributed by atoms with Gasteiger partial charge >= 0.3 is 6.03 Å². The van der Waals surface area contributed by atoms with Gasteiger partial charge in [0.05, 0.1) is 13.2 Å². The van der Waals surface area contributed by atoms with Crippen molar-refractivity contribution in [2.75, 3.05) is 33.3 Å².